The van der Waals surface area contributed by atoms with Gasteiger partial charge in [0, 0.05) is 12.6 Å². The Balaban J connectivity index is 1.79. The molecule has 1 aliphatic heterocycles. The summed E-state index contributed by atoms with van der Waals surface area (Å²) in [5, 5.41) is 11.9. The Morgan fingerprint density at radius 3 is 3.05 bits per heavy atom. The monoisotopic (exact) mass is 277 g/mol. The van der Waals surface area contributed by atoms with Crippen molar-refractivity contribution in [2.24, 2.45) is 0 Å². The van der Waals surface area contributed by atoms with E-state index in [2.05, 4.69) is 5.32 Å². The van der Waals surface area contributed by atoms with Crippen molar-refractivity contribution in [2.75, 3.05) is 13.3 Å². The molecule has 0 aliphatic carbocycles. The SMILES string of the molecule is CC(O)CCCNC(=O)/C=C/c1ccc2c(c1)OCO2. The van der Waals surface area contributed by atoms with Crippen LogP contribution >= 0.6 is 0 Å². The molecule has 1 amide bonds. The average molecular weight is 277 g/mol. The van der Waals surface area contributed by atoms with Crippen LogP contribution in [0.2, 0.25) is 0 Å². The summed E-state index contributed by atoms with van der Waals surface area (Å²) >= 11 is 0. The van der Waals surface area contributed by atoms with E-state index in [9.17, 15) is 4.79 Å². The van der Waals surface area contributed by atoms with Gasteiger partial charge in [-0.2, -0.15) is 0 Å². The summed E-state index contributed by atoms with van der Waals surface area (Å²) in [6, 6.07) is 5.52. The number of aliphatic hydroxyl groups is 1. The molecule has 5 heteroatoms. The minimum Gasteiger partial charge on any atom is -0.454 e. The van der Waals surface area contributed by atoms with E-state index in [1.54, 1.807) is 13.0 Å². The van der Waals surface area contributed by atoms with Crippen LogP contribution in [0.15, 0.2) is 24.3 Å². The molecule has 1 aromatic carbocycles. The van der Waals surface area contributed by atoms with Crippen LogP contribution in [0.5, 0.6) is 11.5 Å². The molecule has 2 N–H and O–H groups in total. The highest BCUT2D eigenvalue weighted by Crippen LogP contribution is 2.32. The van der Waals surface area contributed by atoms with Crippen LogP contribution in [-0.2, 0) is 4.79 Å². The third-order valence-electron chi connectivity index (χ3n) is 2.92. The molecule has 5 nitrogen and oxygen atoms in total. The molecule has 108 valence electrons. The molecule has 0 saturated carbocycles. The Bertz CT molecular complexity index is 497. The number of hydrogen-bond donors (Lipinski definition) is 2. The van der Waals surface area contributed by atoms with Crippen molar-refractivity contribution in [1.82, 2.24) is 5.32 Å². The number of carbonyl (C=O) groups is 1. The summed E-state index contributed by atoms with van der Waals surface area (Å²) in [7, 11) is 0. The molecule has 0 saturated heterocycles. The molecular formula is C15H19NO4. The summed E-state index contributed by atoms with van der Waals surface area (Å²) < 4.78 is 10.5. The van der Waals surface area contributed by atoms with Gasteiger partial charge in [-0.25, -0.2) is 0 Å². The van der Waals surface area contributed by atoms with E-state index >= 15 is 0 Å². The van der Waals surface area contributed by atoms with Gasteiger partial charge in [0.1, 0.15) is 0 Å². The number of aliphatic hydroxyl groups excluding tert-OH is 1. The minimum absolute atomic E-state index is 0.145. The van der Waals surface area contributed by atoms with Crippen LogP contribution in [0.3, 0.4) is 0 Å². The fraction of sp³-hybridized carbons (Fsp3) is 0.400. The lowest BCUT2D eigenvalue weighted by molar-refractivity contribution is -0.116. The lowest BCUT2D eigenvalue weighted by Gasteiger charge is -2.04. The topological polar surface area (TPSA) is 67.8 Å². The fourth-order valence-electron chi connectivity index (χ4n) is 1.86. The van der Waals surface area contributed by atoms with Crippen molar-refractivity contribution in [2.45, 2.75) is 25.9 Å². The summed E-state index contributed by atoms with van der Waals surface area (Å²) in [5.74, 6) is 1.28. The van der Waals surface area contributed by atoms with Crippen molar-refractivity contribution < 1.29 is 19.4 Å². The summed E-state index contributed by atoms with van der Waals surface area (Å²) in [4.78, 5) is 11.6. The Morgan fingerprint density at radius 2 is 2.25 bits per heavy atom. The molecule has 0 fully saturated rings. The second kappa shape index (κ2) is 6.96. The van der Waals surface area contributed by atoms with Crippen LogP contribution < -0.4 is 14.8 Å². The maximum Gasteiger partial charge on any atom is 0.243 e. The van der Waals surface area contributed by atoms with E-state index in [1.165, 1.54) is 6.08 Å². The lowest BCUT2D eigenvalue weighted by atomic mass is 10.2. The Labute approximate surface area is 118 Å². The molecule has 20 heavy (non-hydrogen) atoms. The highest BCUT2D eigenvalue weighted by Gasteiger charge is 2.12. The van der Waals surface area contributed by atoms with Gasteiger partial charge in [0.05, 0.1) is 6.10 Å². The lowest BCUT2D eigenvalue weighted by Crippen LogP contribution is -2.22. The van der Waals surface area contributed by atoms with E-state index in [-0.39, 0.29) is 18.8 Å². The highest BCUT2D eigenvalue weighted by atomic mass is 16.7. The second-order valence-corrected chi connectivity index (χ2v) is 4.73. The van der Waals surface area contributed by atoms with Gasteiger partial charge in [-0.05, 0) is 43.5 Å². The summed E-state index contributed by atoms with van der Waals surface area (Å²) in [5.41, 5.74) is 0.883. The molecule has 1 aliphatic rings. The van der Waals surface area contributed by atoms with E-state index in [4.69, 9.17) is 14.6 Å². The predicted octanol–water partition coefficient (Wildman–Crippen LogP) is 1.71. The third kappa shape index (κ3) is 4.28. The molecule has 0 radical (unpaired) electrons. The van der Waals surface area contributed by atoms with E-state index in [0.29, 0.717) is 18.7 Å². The quantitative estimate of drug-likeness (QED) is 0.613. The number of amides is 1. The zero-order valence-corrected chi connectivity index (χ0v) is 11.5. The standard InChI is InChI=1S/C15H19NO4/c1-11(17)3-2-8-16-15(18)7-5-12-4-6-13-14(9-12)20-10-19-13/h4-7,9,11,17H,2-3,8,10H2,1H3,(H,16,18)/b7-5+. The number of nitrogens with one attached hydrogen (secondary N) is 1. The van der Waals surface area contributed by atoms with Gasteiger partial charge in [0.2, 0.25) is 12.7 Å². The number of benzene rings is 1. The number of rotatable bonds is 6. The van der Waals surface area contributed by atoms with Gasteiger partial charge < -0.3 is 19.9 Å². The third-order valence-corrected chi connectivity index (χ3v) is 2.92. The van der Waals surface area contributed by atoms with Gasteiger partial charge in [0.15, 0.2) is 11.5 Å². The second-order valence-electron chi connectivity index (χ2n) is 4.73. The molecule has 1 unspecified atom stereocenters. The predicted molar refractivity (Wildman–Crippen MR) is 75.5 cm³/mol. The molecule has 2 rings (SSSR count). The number of carbonyl (C=O) groups excluding carboxylic acids is 1. The first kappa shape index (κ1) is 14.4. The Morgan fingerprint density at radius 1 is 1.45 bits per heavy atom. The van der Waals surface area contributed by atoms with E-state index in [0.717, 1.165) is 17.7 Å². The highest BCUT2D eigenvalue weighted by molar-refractivity contribution is 5.91. The zero-order chi connectivity index (χ0) is 14.4. The Kier molecular flexibility index (Phi) is 5.01. The molecule has 0 bridgehead atoms. The van der Waals surface area contributed by atoms with Gasteiger partial charge in [-0.3, -0.25) is 4.79 Å². The summed E-state index contributed by atoms with van der Waals surface area (Å²) in [6.07, 6.45) is 4.34. The molecule has 0 spiro atoms. The van der Waals surface area contributed by atoms with Crippen LogP contribution in [0.1, 0.15) is 25.3 Å². The first-order valence-corrected chi connectivity index (χ1v) is 6.69. The first-order chi connectivity index (χ1) is 9.65. The fourth-order valence-corrected chi connectivity index (χ4v) is 1.86. The smallest absolute Gasteiger partial charge is 0.243 e. The first-order valence-electron chi connectivity index (χ1n) is 6.69. The van der Waals surface area contributed by atoms with Crippen molar-refractivity contribution in [1.29, 1.82) is 0 Å². The van der Waals surface area contributed by atoms with Gasteiger partial charge in [0.25, 0.3) is 0 Å². The van der Waals surface area contributed by atoms with Gasteiger partial charge >= 0.3 is 0 Å². The number of ether oxygens (including phenoxy) is 2. The number of hydrogen-bond acceptors (Lipinski definition) is 4. The normalized spacial score (nSPS) is 14.5. The Hall–Kier alpha value is -2.01. The van der Waals surface area contributed by atoms with Crippen molar-refractivity contribution in [3.05, 3.63) is 29.8 Å². The van der Waals surface area contributed by atoms with Gasteiger partial charge in [-0.1, -0.05) is 6.07 Å². The molecule has 1 heterocycles. The maximum atomic E-state index is 11.6. The van der Waals surface area contributed by atoms with Crippen LogP contribution in [0.25, 0.3) is 6.08 Å². The molecule has 1 atom stereocenters. The molecular weight excluding hydrogens is 258 g/mol. The molecule has 0 aromatic heterocycles. The summed E-state index contributed by atoms with van der Waals surface area (Å²) in [6.45, 7) is 2.54. The van der Waals surface area contributed by atoms with Crippen LogP contribution in [-0.4, -0.2) is 30.5 Å². The van der Waals surface area contributed by atoms with E-state index < -0.39 is 0 Å². The zero-order valence-electron chi connectivity index (χ0n) is 11.5. The van der Waals surface area contributed by atoms with Gasteiger partial charge in [-0.15, -0.1) is 0 Å². The van der Waals surface area contributed by atoms with E-state index in [1.807, 2.05) is 18.2 Å². The maximum absolute atomic E-state index is 11.6. The largest absolute Gasteiger partial charge is 0.454 e. The van der Waals surface area contributed by atoms with Crippen molar-refractivity contribution >= 4 is 12.0 Å². The average Bonchev–Trinajstić information content (AvgIpc) is 2.88. The van der Waals surface area contributed by atoms with Crippen LogP contribution in [0.4, 0.5) is 0 Å². The molecule has 1 aromatic rings. The minimum atomic E-state index is -0.323. The van der Waals surface area contributed by atoms with Crippen molar-refractivity contribution in [3.63, 3.8) is 0 Å². The van der Waals surface area contributed by atoms with Crippen molar-refractivity contribution in [3.8, 4) is 11.5 Å². The number of fused-ring (bicyclic) bond motifs is 1. The van der Waals surface area contributed by atoms with Crippen LogP contribution in [0, 0.1) is 0 Å².